The molecule has 0 amide bonds. The lowest BCUT2D eigenvalue weighted by Gasteiger charge is -2.07. The molecule has 2 aromatic rings. The molecule has 0 bridgehead atoms. The largest absolute Gasteiger partial charge is 0.349 e. The Bertz CT molecular complexity index is 418. The second-order valence-corrected chi connectivity index (χ2v) is 3.62. The molecule has 4 nitrogen and oxygen atoms in total. The van der Waals surface area contributed by atoms with Crippen molar-refractivity contribution in [3.63, 3.8) is 0 Å². The fraction of sp³-hybridized carbons (Fsp3) is 0.200. The Morgan fingerprint density at radius 1 is 1.47 bits per heavy atom. The summed E-state index contributed by atoms with van der Waals surface area (Å²) in [6.45, 7) is 2.66. The molecule has 0 radical (unpaired) electrons. The van der Waals surface area contributed by atoms with Gasteiger partial charge in [0.15, 0.2) is 0 Å². The van der Waals surface area contributed by atoms with Crippen LogP contribution in [0.1, 0.15) is 11.1 Å². The Morgan fingerprint density at radius 3 is 3.00 bits per heavy atom. The second-order valence-electron chi connectivity index (χ2n) is 3.21. The van der Waals surface area contributed by atoms with Gasteiger partial charge in [0.2, 0.25) is 5.95 Å². The van der Waals surface area contributed by atoms with Crippen LogP contribution in [0.3, 0.4) is 0 Å². The fourth-order valence-electron chi connectivity index (χ4n) is 1.35. The number of nitrogens with zero attached hydrogens (tertiary/aromatic N) is 2. The summed E-state index contributed by atoms with van der Waals surface area (Å²) in [5.41, 5.74) is 2.23. The van der Waals surface area contributed by atoms with Crippen LogP contribution in [0.5, 0.6) is 0 Å². The highest BCUT2D eigenvalue weighted by Gasteiger charge is 2.04. The van der Waals surface area contributed by atoms with Gasteiger partial charge in [-0.25, -0.2) is 4.98 Å². The minimum absolute atomic E-state index is 0.578. The Hall–Kier alpha value is -1.55. The van der Waals surface area contributed by atoms with Crippen molar-refractivity contribution in [1.29, 1.82) is 0 Å². The number of aromatic amines is 1. The van der Waals surface area contributed by atoms with Gasteiger partial charge in [0.25, 0.3) is 0 Å². The van der Waals surface area contributed by atoms with Crippen molar-refractivity contribution in [3.8, 4) is 0 Å². The van der Waals surface area contributed by atoms with E-state index in [-0.39, 0.29) is 0 Å². The maximum absolute atomic E-state index is 6.08. The van der Waals surface area contributed by atoms with E-state index < -0.39 is 0 Å². The van der Waals surface area contributed by atoms with Crippen LogP contribution < -0.4 is 5.32 Å². The molecule has 0 aliphatic heterocycles. The van der Waals surface area contributed by atoms with Crippen molar-refractivity contribution >= 4 is 17.5 Å². The average molecular weight is 223 g/mol. The summed E-state index contributed by atoms with van der Waals surface area (Å²) in [5.74, 6) is 0.578. The van der Waals surface area contributed by atoms with Crippen LogP contribution in [0.2, 0.25) is 5.02 Å². The summed E-state index contributed by atoms with van der Waals surface area (Å²) in [4.78, 5) is 3.97. The van der Waals surface area contributed by atoms with E-state index in [1.807, 2.05) is 25.1 Å². The highest BCUT2D eigenvalue weighted by molar-refractivity contribution is 6.31. The van der Waals surface area contributed by atoms with Gasteiger partial charge in [-0.15, -0.1) is 5.10 Å². The third-order valence-corrected chi connectivity index (χ3v) is 2.55. The highest BCUT2D eigenvalue weighted by atomic mass is 35.5. The highest BCUT2D eigenvalue weighted by Crippen LogP contribution is 2.19. The van der Waals surface area contributed by atoms with E-state index >= 15 is 0 Å². The predicted molar refractivity (Wildman–Crippen MR) is 59.9 cm³/mol. The first kappa shape index (κ1) is 9.98. The van der Waals surface area contributed by atoms with Gasteiger partial charge in [-0.05, 0) is 24.1 Å². The van der Waals surface area contributed by atoms with Gasteiger partial charge < -0.3 is 5.32 Å². The quantitative estimate of drug-likeness (QED) is 0.839. The first-order chi connectivity index (χ1) is 7.27. The Labute approximate surface area is 92.7 Å². The Balaban J connectivity index is 2.11. The number of H-pyrrole nitrogens is 1. The summed E-state index contributed by atoms with van der Waals surface area (Å²) < 4.78 is 0. The number of benzene rings is 1. The molecule has 2 N–H and O–H groups in total. The predicted octanol–water partition coefficient (Wildman–Crippen LogP) is 2.38. The maximum atomic E-state index is 6.08. The average Bonchev–Trinajstić information content (AvgIpc) is 2.70. The molecule has 0 fully saturated rings. The van der Waals surface area contributed by atoms with Crippen LogP contribution in [0.4, 0.5) is 5.95 Å². The summed E-state index contributed by atoms with van der Waals surface area (Å²) in [6.07, 6.45) is 1.53. The van der Waals surface area contributed by atoms with Gasteiger partial charge in [0, 0.05) is 11.6 Å². The molecule has 0 aliphatic carbocycles. The topological polar surface area (TPSA) is 53.6 Å². The number of rotatable bonds is 3. The van der Waals surface area contributed by atoms with Gasteiger partial charge in [0.05, 0.1) is 0 Å². The molecule has 78 valence electrons. The molecule has 0 saturated heterocycles. The third kappa shape index (κ3) is 2.27. The minimum atomic E-state index is 0.578. The van der Waals surface area contributed by atoms with Crippen LogP contribution in [0.25, 0.3) is 0 Å². The molecule has 1 aromatic carbocycles. The molecular weight excluding hydrogens is 212 g/mol. The van der Waals surface area contributed by atoms with E-state index in [1.54, 1.807) is 0 Å². The normalized spacial score (nSPS) is 10.3. The lowest BCUT2D eigenvalue weighted by molar-refractivity contribution is 1.04. The zero-order valence-electron chi connectivity index (χ0n) is 8.29. The van der Waals surface area contributed by atoms with E-state index in [2.05, 4.69) is 20.5 Å². The number of nitrogens with one attached hydrogen (secondary N) is 2. The van der Waals surface area contributed by atoms with Crippen molar-refractivity contribution in [2.45, 2.75) is 13.5 Å². The van der Waals surface area contributed by atoms with Crippen LogP contribution in [-0.4, -0.2) is 15.2 Å². The van der Waals surface area contributed by atoms with Crippen molar-refractivity contribution in [1.82, 2.24) is 15.2 Å². The first-order valence-corrected chi connectivity index (χ1v) is 4.99. The number of aryl methyl sites for hydroxylation is 1. The first-order valence-electron chi connectivity index (χ1n) is 4.61. The Morgan fingerprint density at radius 2 is 2.33 bits per heavy atom. The fourth-order valence-corrected chi connectivity index (χ4v) is 1.64. The molecule has 0 spiro atoms. The SMILES string of the molecule is Cc1cccc(Cl)c1CNc1nc[nH]n1. The maximum Gasteiger partial charge on any atom is 0.242 e. The number of halogens is 1. The lowest BCUT2D eigenvalue weighted by atomic mass is 10.1. The summed E-state index contributed by atoms with van der Waals surface area (Å²) in [7, 11) is 0. The van der Waals surface area contributed by atoms with Gasteiger partial charge >= 0.3 is 0 Å². The summed E-state index contributed by atoms with van der Waals surface area (Å²) >= 11 is 6.08. The van der Waals surface area contributed by atoms with Gasteiger partial charge in [-0.3, -0.25) is 5.10 Å². The van der Waals surface area contributed by atoms with Gasteiger partial charge in [-0.1, -0.05) is 23.7 Å². The minimum Gasteiger partial charge on any atom is -0.349 e. The van der Waals surface area contributed by atoms with E-state index in [9.17, 15) is 0 Å². The number of hydrogen-bond acceptors (Lipinski definition) is 3. The molecule has 0 aliphatic rings. The summed E-state index contributed by atoms with van der Waals surface area (Å²) in [6, 6.07) is 5.85. The zero-order chi connectivity index (χ0) is 10.7. The lowest BCUT2D eigenvalue weighted by Crippen LogP contribution is -2.03. The molecule has 1 aromatic heterocycles. The molecule has 0 saturated carbocycles. The standard InChI is InChI=1S/C10H11ClN4/c1-7-3-2-4-9(11)8(7)5-12-10-13-6-14-15-10/h2-4,6H,5H2,1H3,(H2,12,13,14,15). The second kappa shape index (κ2) is 4.31. The molecule has 5 heteroatoms. The molecule has 0 unspecified atom stereocenters. The molecule has 15 heavy (non-hydrogen) atoms. The van der Waals surface area contributed by atoms with Crippen molar-refractivity contribution < 1.29 is 0 Å². The van der Waals surface area contributed by atoms with Gasteiger partial charge in [0.1, 0.15) is 6.33 Å². The van der Waals surface area contributed by atoms with Crippen molar-refractivity contribution in [2.75, 3.05) is 5.32 Å². The third-order valence-electron chi connectivity index (χ3n) is 2.19. The molecule has 1 heterocycles. The van der Waals surface area contributed by atoms with Crippen LogP contribution in [-0.2, 0) is 6.54 Å². The monoisotopic (exact) mass is 222 g/mol. The van der Waals surface area contributed by atoms with Crippen molar-refractivity contribution in [3.05, 3.63) is 40.7 Å². The molecule has 0 atom stereocenters. The van der Waals surface area contributed by atoms with E-state index in [0.717, 1.165) is 16.1 Å². The van der Waals surface area contributed by atoms with E-state index in [0.29, 0.717) is 12.5 Å². The van der Waals surface area contributed by atoms with Crippen LogP contribution in [0, 0.1) is 6.92 Å². The van der Waals surface area contributed by atoms with Gasteiger partial charge in [-0.2, -0.15) is 0 Å². The van der Waals surface area contributed by atoms with Crippen LogP contribution in [0.15, 0.2) is 24.5 Å². The Kier molecular flexibility index (Phi) is 2.87. The van der Waals surface area contributed by atoms with Crippen molar-refractivity contribution in [2.24, 2.45) is 0 Å². The summed E-state index contributed by atoms with van der Waals surface area (Å²) in [5, 5.41) is 10.4. The van der Waals surface area contributed by atoms with E-state index in [1.165, 1.54) is 6.33 Å². The van der Waals surface area contributed by atoms with Crippen LogP contribution >= 0.6 is 11.6 Å². The number of aromatic nitrogens is 3. The number of hydrogen-bond donors (Lipinski definition) is 2. The number of anilines is 1. The van der Waals surface area contributed by atoms with E-state index in [4.69, 9.17) is 11.6 Å². The molecular formula is C10H11ClN4. The molecule has 2 rings (SSSR count). The smallest absolute Gasteiger partial charge is 0.242 e. The zero-order valence-corrected chi connectivity index (χ0v) is 9.04.